The molecule has 0 aliphatic heterocycles. The van der Waals surface area contributed by atoms with Gasteiger partial charge in [-0.2, -0.15) is 0 Å². The first kappa shape index (κ1) is 14.3. The standard InChI is InChI=1S/C16H32N2/c1-4-5-13(2)17-10-14(3)18(11-15-6-7-15)12-16-8-9-16/h13-17H,4-12H2,1-3H3. The Morgan fingerprint density at radius 1 is 1.06 bits per heavy atom. The van der Waals surface area contributed by atoms with Crippen molar-refractivity contribution in [2.45, 2.75) is 71.4 Å². The third kappa shape index (κ3) is 5.27. The van der Waals surface area contributed by atoms with Crippen LogP contribution in [-0.2, 0) is 0 Å². The Morgan fingerprint density at radius 2 is 1.61 bits per heavy atom. The zero-order valence-electron chi connectivity index (χ0n) is 12.6. The fourth-order valence-corrected chi connectivity index (χ4v) is 2.73. The van der Waals surface area contributed by atoms with Crippen molar-refractivity contribution in [2.75, 3.05) is 19.6 Å². The first-order chi connectivity index (χ1) is 8.69. The monoisotopic (exact) mass is 252 g/mol. The lowest BCUT2D eigenvalue weighted by Gasteiger charge is -2.30. The van der Waals surface area contributed by atoms with Gasteiger partial charge in [0, 0.05) is 31.7 Å². The lowest BCUT2D eigenvalue weighted by Crippen LogP contribution is -2.44. The van der Waals surface area contributed by atoms with Gasteiger partial charge in [0.1, 0.15) is 0 Å². The average molecular weight is 252 g/mol. The molecular formula is C16H32N2. The minimum atomic E-state index is 0.682. The molecule has 2 saturated carbocycles. The van der Waals surface area contributed by atoms with Gasteiger partial charge in [-0.25, -0.2) is 0 Å². The Bertz CT molecular complexity index is 219. The Morgan fingerprint density at radius 3 is 2.06 bits per heavy atom. The van der Waals surface area contributed by atoms with Crippen molar-refractivity contribution in [2.24, 2.45) is 11.8 Å². The molecule has 2 nitrogen and oxygen atoms in total. The number of hydrogen-bond donors (Lipinski definition) is 1. The lowest BCUT2D eigenvalue weighted by molar-refractivity contribution is 0.184. The van der Waals surface area contributed by atoms with Gasteiger partial charge in [0.05, 0.1) is 0 Å². The highest BCUT2D eigenvalue weighted by Crippen LogP contribution is 2.34. The molecular weight excluding hydrogens is 220 g/mol. The molecule has 2 atom stereocenters. The minimum Gasteiger partial charge on any atom is -0.313 e. The van der Waals surface area contributed by atoms with Crippen molar-refractivity contribution in [3.05, 3.63) is 0 Å². The van der Waals surface area contributed by atoms with Crippen LogP contribution < -0.4 is 5.32 Å². The molecule has 2 aliphatic rings. The van der Waals surface area contributed by atoms with Gasteiger partial charge in [-0.15, -0.1) is 0 Å². The number of hydrogen-bond acceptors (Lipinski definition) is 2. The van der Waals surface area contributed by atoms with Crippen LogP contribution in [0.4, 0.5) is 0 Å². The fourth-order valence-electron chi connectivity index (χ4n) is 2.73. The van der Waals surface area contributed by atoms with Crippen LogP contribution in [0.15, 0.2) is 0 Å². The summed E-state index contributed by atoms with van der Waals surface area (Å²) in [4.78, 5) is 2.76. The molecule has 0 aromatic carbocycles. The van der Waals surface area contributed by atoms with Gasteiger partial charge in [0.25, 0.3) is 0 Å². The smallest absolute Gasteiger partial charge is 0.0192 e. The molecule has 106 valence electrons. The molecule has 0 spiro atoms. The molecule has 0 aromatic rings. The van der Waals surface area contributed by atoms with E-state index in [1.807, 2.05) is 0 Å². The van der Waals surface area contributed by atoms with Gasteiger partial charge in [-0.1, -0.05) is 13.3 Å². The van der Waals surface area contributed by atoms with E-state index in [0.717, 1.165) is 11.8 Å². The second-order valence-electron chi connectivity index (χ2n) is 6.79. The molecule has 0 amide bonds. The molecule has 2 rings (SSSR count). The Balaban J connectivity index is 1.69. The van der Waals surface area contributed by atoms with Crippen molar-refractivity contribution in [3.63, 3.8) is 0 Å². The van der Waals surface area contributed by atoms with Crippen LogP contribution in [0.1, 0.15) is 59.3 Å². The molecule has 18 heavy (non-hydrogen) atoms. The Hall–Kier alpha value is -0.0800. The molecule has 2 fully saturated rings. The van der Waals surface area contributed by atoms with Crippen LogP contribution in [0, 0.1) is 11.8 Å². The summed E-state index contributed by atoms with van der Waals surface area (Å²) in [6.45, 7) is 10.9. The lowest BCUT2D eigenvalue weighted by atomic mass is 10.1. The maximum absolute atomic E-state index is 3.71. The van der Waals surface area contributed by atoms with Crippen LogP contribution >= 0.6 is 0 Å². The fraction of sp³-hybridized carbons (Fsp3) is 1.00. The van der Waals surface area contributed by atoms with Crippen molar-refractivity contribution in [1.82, 2.24) is 10.2 Å². The predicted molar refractivity (Wildman–Crippen MR) is 78.9 cm³/mol. The van der Waals surface area contributed by atoms with E-state index in [2.05, 4.69) is 31.0 Å². The molecule has 2 aliphatic carbocycles. The maximum Gasteiger partial charge on any atom is 0.0192 e. The van der Waals surface area contributed by atoms with E-state index in [9.17, 15) is 0 Å². The van der Waals surface area contributed by atoms with Gasteiger partial charge in [0.15, 0.2) is 0 Å². The molecule has 2 heteroatoms. The third-order valence-corrected chi connectivity index (χ3v) is 4.49. The van der Waals surface area contributed by atoms with Crippen molar-refractivity contribution >= 4 is 0 Å². The third-order valence-electron chi connectivity index (χ3n) is 4.49. The Kier molecular flexibility index (Phi) is 5.50. The molecule has 2 unspecified atom stereocenters. The van der Waals surface area contributed by atoms with E-state index in [4.69, 9.17) is 0 Å². The van der Waals surface area contributed by atoms with Gasteiger partial charge >= 0.3 is 0 Å². The molecule has 0 radical (unpaired) electrons. The van der Waals surface area contributed by atoms with Crippen LogP contribution in [0.2, 0.25) is 0 Å². The van der Waals surface area contributed by atoms with Gasteiger partial charge in [-0.3, -0.25) is 4.90 Å². The molecule has 0 saturated heterocycles. The van der Waals surface area contributed by atoms with E-state index in [-0.39, 0.29) is 0 Å². The van der Waals surface area contributed by atoms with E-state index in [1.165, 1.54) is 58.2 Å². The van der Waals surface area contributed by atoms with Crippen LogP contribution in [0.25, 0.3) is 0 Å². The van der Waals surface area contributed by atoms with Crippen molar-refractivity contribution < 1.29 is 0 Å². The Labute approximate surface area is 114 Å². The summed E-state index contributed by atoms with van der Waals surface area (Å²) in [6.07, 6.45) is 8.51. The first-order valence-electron chi connectivity index (χ1n) is 8.16. The number of rotatable bonds is 10. The summed E-state index contributed by atoms with van der Waals surface area (Å²) in [5.41, 5.74) is 0. The summed E-state index contributed by atoms with van der Waals surface area (Å²) < 4.78 is 0. The van der Waals surface area contributed by atoms with E-state index < -0.39 is 0 Å². The number of nitrogens with one attached hydrogen (secondary N) is 1. The van der Waals surface area contributed by atoms with Gasteiger partial charge < -0.3 is 5.32 Å². The van der Waals surface area contributed by atoms with Crippen LogP contribution in [-0.4, -0.2) is 36.6 Å². The van der Waals surface area contributed by atoms with E-state index in [0.29, 0.717) is 12.1 Å². The second-order valence-corrected chi connectivity index (χ2v) is 6.79. The van der Waals surface area contributed by atoms with Crippen LogP contribution in [0.5, 0.6) is 0 Å². The maximum atomic E-state index is 3.71. The summed E-state index contributed by atoms with van der Waals surface area (Å²) in [5, 5.41) is 3.71. The van der Waals surface area contributed by atoms with Gasteiger partial charge in [-0.05, 0) is 57.8 Å². The summed E-state index contributed by atoms with van der Waals surface area (Å²) in [7, 11) is 0. The molecule has 0 heterocycles. The highest BCUT2D eigenvalue weighted by Gasteiger charge is 2.31. The van der Waals surface area contributed by atoms with Crippen LogP contribution in [0.3, 0.4) is 0 Å². The SMILES string of the molecule is CCCC(C)NCC(C)N(CC1CC1)CC1CC1. The summed E-state index contributed by atoms with van der Waals surface area (Å²) >= 11 is 0. The normalized spacial score (nSPS) is 23.3. The largest absolute Gasteiger partial charge is 0.313 e. The van der Waals surface area contributed by atoms with Crippen molar-refractivity contribution in [1.29, 1.82) is 0 Å². The van der Waals surface area contributed by atoms with Gasteiger partial charge in [0.2, 0.25) is 0 Å². The summed E-state index contributed by atoms with van der Waals surface area (Å²) in [5.74, 6) is 2.05. The highest BCUT2D eigenvalue weighted by molar-refractivity contribution is 4.85. The predicted octanol–water partition coefficient (Wildman–Crippen LogP) is 3.28. The molecule has 0 aromatic heterocycles. The topological polar surface area (TPSA) is 15.3 Å². The quantitative estimate of drug-likeness (QED) is 0.642. The van der Waals surface area contributed by atoms with E-state index >= 15 is 0 Å². The minimum absolute atomic E-state index is 0.682. The first-order valence-corrected chi connectivity index (χ1v) is 8.16. The van der Waals surface area contributed by atoms with E-state index in [1.54, 1.807) is 0 Å². The molecule has 0 bridgehead atoms. The molecule has 1 N–H and O–H groups in total. The highest BCUT2D eigenvalue weighted by atomic mass is 15.2. The summed E-state index contributed by atoms with van der Waals surface area (Å²) in [6, 6.07) is 1.40. The zero-order valence-corrected chi connectivity index (χ0v) is 12.6. The van der Waals surface area contributed by atoms with Crippen molar-refractivity contribution in [3.8, 4) is 0 Å². The second kappa shape index (κ2) is 6.91. The average Bonchev–Trinajstić information content (AvgIpc) is 3.20. The number of nitrogens with zero attached hydrogens (tertiary/aromatic N) is 1. The zero-order chi connectivity index (χ0) is 13.0.